The van der Waals surface area contributed by atoms with Crippen LogP contribution in [0.3, 0.4) is 0 Å². The number of carbonyl (C=O) groups is 1. The molecule has 2 saturated heterocycles. The van der Waals surface area contributed by atoms with Gasteiger partial charge in [0.05, 0.1) is 6.04 Å². The average Bonchev–Trinajstić information content (AvgIpc) is 3.39. The lowest BCUT2D eigenvalue weighted by molar-refractivity contribution is -0.128. The van der Waals surface area contributed by atoms with E-state index in [9.17, 15) is 4.79 Å². The second-order valence-corrected chi connectivity index (χ2v) is 9.13. The number of rotatable bonds is 5. The fraction of sp³-hybridized carbons (Fsp3) is 0.571. The van der Waals surface area contributed by atoms with Gasteiger partial charge in [0, 0.05) is 30.5 Å². The van der Waals surface area contributed by atoms with Crippen LogP contribution in [-0.4, -0.2) is 47.0 Å². The lowest BCUT2D eigenvalue weighted by atomic mass is 10.1. The Balaban J connectivity index is 1.47. The molecule has 140 valence electrons. The van der Waals surface area contributed by atoms with Gasteiger partial charge < -0.3 is 4.90 Å². The molecule has 4 nitrogen and oxygen atoms in total. The molecule has 3 atom stereocenters. The minimum Gasteiger partial charge on any atom is -0.332 e. The Bertz CT molecular complexity index is 684. The molecule has 1 aromatic rings. The Morgan fingerprint density at radius 2 is 2.19 bits per heavy atom. The van der Waals surface area contributed by atoms with Crippen LogP contribution in [0.5, 0.6) is 0 Å². The van der Waals surface area contributed by atoms with E-state index in [0.717, 1.165) is 18.7 Å². The Kier molecular flexibility index (Phi) is 5.67. The zero-order valence-electron chi connectivity index (χ0n) is 15.5. The van der Waals surface area contributed by atoms with Gasteiger partial charge in [-0.15, -0.1) is 0 Å². The van der Waals surface area contributed by atoms with Gasteiger partial charge in [-0.05, 0) is 67.5 Å². The van der Waals surface area contributed by atoms with Crippen LogP contribution in [0, 0.1) is 0 Å². The van der Waals surface area contributed by atoms with Crippen LogP contribution in [0.4, 0.5) is 0 Å². The van der Waals surface area contributed by atoms with Gasteiger partial charge >= 0.3 is 0 Å². The second kappa shape index (κ2) is 8.15. The monoisotopic (exact) mass is 371 g/mol. The number of nitrogens with one attached hydrogen (secondary N) is 2. The molecular formula is C21H29N3OS. The Labute approximate surface area is 160 Å². The molecule has 0 bridgehead atoms. The van der Waals surface area contributed by atoms with Crippen molar-refractivity contribution in [1.82, 2.24) is 15.8 Å². The molecule has 1 amide bonds. The van der Waals surface area contributed by atoms with E-state index in [0.29, 0.717) is 5.25 Å². The Morgan fingerprint density at radius 1 is 1.31 bits per heavy atom. The predicted molar refractivity (Wildman–Crippen MR) is 109 cm³/mol. The smallest absolute Gasteiger partial charge is 0.246 e. The van der Waals surface area contributed by atoms with Gasteiger partial charge in [-0.1, -0.05) is 18.2 Å². The lowest BCUT2D eigenvalue weighted by Gasteiger charge is -2.32. The van der Waals surface area contributed by atoms with Crippen LogP contribution in [0.15, 0.2) is 24.3 Å². The van der Waals surface area contributed by atoms with Gasteiger partial charge in [-0.3, -0.25) is 15.6 Å². The van der Waals surface area contributed by atoms with Gasteiger partial charge in [0.15, 0.2) is 0 Å². The van der Waals surface area contributed by atoms with Gasteiger partial charge in [-0.2, -0.15) is 11.8 Å². The molecule has 0 spiro atoms. The van der Waals surface area contributed by atoms with Crippen molar-refractivity contribution in [3.8, 4) is 0 Å². The van der Waals surface area contributed by atoms with E-state index >= 15 is 0 Å². The molecule has 1 aromatic carbocycles. The predicted octanol–water partition coefficient (Wildman–Crippen LogP) is 2.78. The quantitative estimate of drug-likeness (QED) is 0.781. The highest BCUT2D eigenvalue weighted by Gasteiger charge is 2.33. The maximum Gasteiger partial charge on any atom is 0.246 e. The summed E-state index contributed by atoms with van der Waals surface area (Å²) < 4.78 is 0. The summed E-state index contributed by atoms with van der Waals surface area (Å²) in [5.41, 5.74) is 10.5. The van der Waals surface area contributed by atoms with Crippen molar-refractivity contribution in [2.24, 2.45) is 0 Å². The zero-order chi connectivity index (χ0) is 17.9. The summed E-state index contributed by atoms with van der Waals surface area (Å²) in [5, 5.41) is 0.583. The van der Waals surface area contributed by atoms with Crippen LogP contribution in [0.25, 0.3) is 6.08 Å². The molecule has 2 fully saturated rings. The maximum absolute atomic E-state index is 13.0. The van der Waals surface area contributed by atoms with Crippen molar-refractivity contribution < 1.29 is 4.79 Å². The van der Waals surface area contributed by atoms with Gasteiger partial charge in [0.1, 0.15) is 0 Å². The van der Waals surface area contributed by atoms with E-state index in [1.807, 2.05) is 17.8 Å². The van der Waals surface area contributed by atoms with Gasteiger partial charge in [-0.25, -0.2) is 0 Å². The fourth-order valence-corrected chi connectivity index (χ4v) is 5.60. The molecule has 1 aliphatic carbocycles. The standard InChI is InChI=1S/C21H29N3OS/c1-15-20(13-22-23-15)24(14-19-6-3-11-26-19)21(25)10-8-16-7-9-17-4-2-5-18(17)12-16/h7-10,12,15,19-20,22-23H,2-6,11,13-14H2,1H3. The SMILES string of the molecule is CC1NNCC1N(CC1CCCS1)C(=O)C=Cc1ccc2c(c1)CCC2. The normalized spacial score (nSPS) is 28.0. The van der Waals surface area contributed by atoms with Crippen LogP contribution >= 0.6 is 11.8 Å². The van der Waals surface area contributed by atoms with E-state index in [-0.39, 0.29) is 18.0 Å². The molecule has 3 unspecified atom stereocenters. The first-order valence-electron chi connectivity index (χ1n) is 9.91. The number of hydrazine groups is 1. The van der Waals surface area contributed by atoms with Crippen molar-refractivity contribution in [2.45, 2.75) is 56.4 Å². The van der Waals surface area contributed by atoms with Crippen LogP contribution in [-0.2, 0) is 17.6 Å². The van der Waals surface area contributed by atoms with E-state index < -0.39 is 0 Å². The van der Waals surface area contributed by atoms with Crippen molar-refractivity contribution in [3.05, 3.63) is 41.0 Å². The maximum atomic E-state index is 13.0. The zero-order valence-corrected chi connectivity index (χ0v) is 16.4. The minimum absolute atomic E-state index is 0.139. The van der Waals surface area contributed by atoms with Crippen LogP contribution in [0.2, 0.25) is 0 Å². The van der Waals surface area contributed by atoms with E-state index in [1.165, 1.54) is 49.0 Å². The number of hydrogen-bond donors (Lipinski definition) is 2. The van der Waals surface area contributed by atoms with Crippen molar-refractivity contribution in [2.75, 3.05) is 18.8 Å². The first-order chi connectivity index (χ1) is 12.7. The second-order valence-electron chi connectivity index (χ2n) is 7.72. The van der Waals surface area contributed by atoms with Crippen LogP contribution < -0.4 is 10.9 Å². The topological polar surface area (TPSA) is 44.4 Å². The summed E-state index contributed by atoms with van der Waals surface area (Å²) in [5.74, 6) is 1.37. The number of nitrogens with zero attached hydrogens (tertiary/aromatic N) is 1. The average molecular weight is 372 g/mol. The molecule has 4 rings (SSSR count). The Morgan fingerprint density at radius 3 is 2.96 bits per heavy atom. The lowest BCUT2D eigenvalue weighted by Crippen LogP contribution is -2.48. The number of thioether (sulfide) groups is 1. The van der Waals surface area contributed by atoms with Crippen molar-refractivity contribution >= 4 is 23.7 Å². The summed E-state index contributed by atoms with van der Waals surface area (Å²) in [6.07, 6.45) is 9.91. The molecule has 2 aliphatic heterocycles. The number of amides is 1. The van der Waals surface area contributed by atoms with Crippen molar-refractivity contribution in [3.63, 3.8) is 0 Å². The summed E-state index contributed by atoms with van der Waals surface area (Å²) in [6.45, 7) is 3.82. The highest BCUT2D eigenvalue weighted by Crippen LogP contribution is 2.28. The molecule has 0 radical (unpaired) electrons. The number of hydrogen-bond acceptors (Lipinski definition) is 4. The molecule has 0 saturated carbocycles. The number of aryl methyl sites for hydroxylation is 2. The molecule has 2 N–H and O–H groups in total. The van der Waals surface area contributed by atoms with E-state index in [2.05, 4.69) is 40.9 Å². The number of benzene rings is 1. The third-order valence-electron chi connectivity index (χ3n) is 5.87. The summed E-state index contributed by atoms with van der Waals surface area (Å²) >= 11 is 2.02. The first kappa shape index (κ1) is 18.1. The summed E-state index contributed by atoms with van der Waals surface area (Å²) in [4.78, 5) is 15.1. The van der Waals surface area contributed by atoms with Gasteiger partial charge in [0.2, 0.25) is 5.91 Å². The first-order valence-corrected chi connectivity index (χ1v) is 11.0. The largest absolute Gasteiger partial charge is 0.332 e. The molecule has 5 heteroatoms. The molecule has 26 heavy (non-hydrogen) atoms. The van der Waals surface area contributed by atoms with E-state index in [1.54, 1.807) is 6.08 Å². The summed E-state index contributed by atoms with van der Waals surface area (Å²) in [6, 6.07) is 7.12. The van der Waals surface area contributed by atoms with Gasteiger partial charge in [0.25, 0.3) is 0 Å². The molecule has 3 aliphatic rings. The van der Waals surface area contributed by atoms with Crippen molar-refractivity contribution in [1.29, 1.82) is 0 Å². The highest BCUT2D eigenvalue weighted by molar-refractivity contribution is 8.00. The minimum atomic E-state index is 0.139. The summed E-state index contributed by atoms with van der Waals surface area (Å²) in [7, 11) is 0. The highest BCUT2D eigenvalue weighted by atomic mass is 32.2. The third-order valence-corrected chi connectivity index (χ3v) is 7.25. The van der Waals surface area contributed by atoms with E-state index in [4.69, 9.17) is 0 Å². The van der Waals surface area contributed by atoms with Crippen LogP contribution in [0.1, 0.15) is 42.9 Å². The number of fused-ring (bicyclic) bond motifs is 1. The number of carbonyl (C=O) groups excluding carboxylic acids is 1. The molecule has 0 aromatic heterocycles. The Hall–Kier alpha value is -1.30. The fourth-order valence-electron chi connectivity index (χ4n) is 4.33. The molecule has 2 heterocycles. The third kappa shape index (κ3) is 4.00. The molecular weight excluding hydrogens is 342 g/mol.